The highest BCUT2D eigenvalue weighted by molar-refractivity contribution is 5.96. The van der Waals surface area contributed by atoms with Gasteiger partial charge in [0, 0.05) is 31.7 Å². The van der Waals surface area contributed by atoms with Gasteiger partial charge in [0.05, 0.1) is 11.9 Å². The molecule has 8 heteroatoms. The third-order valence-corrected chi connectivity index (χ3v) is 5.84. The molecule has 2 aromatic rings. The molecule has 1 aromatic carbocycles. The highest BCUT2D eigenvalue weighted by atomic mass is 16.7. The highest BCUT2D eigenvalue weighted by Crippen LogP contribution is 2.35. The number of nitrogens with zero attached hydrogens (tertiary/aromatic N) is 4. The van der Waals surface area contributed by atoms with E-state index in [1.54, 1.807) is 9.58 Å². The van der Waals surface area contributed by atoms with E-state index in [0.29, 0.717) is 5.92 Å². The molecule has 1 N–H and O–H groups in total. The zero-order valence-electron chi connectivity index (χ0n) is 18.9. The Morgan fingerprint density at radius 1 is 1.13 bits per heavy atom. The predicted molar refractivity (Wildman–Crippen MR) is 120 cm³/mol. The number of ether oxygens (including phenoxy) is 1. The summed E-state index contributed by atoms with van der Waals surface area (Å²) >= 11 is 0. The Labute approximate surface area is 183 Å². The number of hydrogen-bond donors (Lipinski definition) is 1. The summed E-state index contributed by atoms with van der Waals surface area (Å²) in [5.74, 6) is 0.811. The second kappa shape index (κ2) is 9.41. The van der Waals surface area contributed by atoms with Crippen molar-refractivity contribution in [1.29, 1.82) is 0 Å². The SMILES string of the molecule is CC(C)N(c1nn(-c2ccc(N(C)C)cc2)cc1OC(=O)O)C(=O)[C@H]1CC[C@H](C)CC1. The maximum atomic E-state index is 13.4. The first kappa shape index (κ1) is 22.7. The lowest BCUT2D eigenvalue weighted by Gasteiger charge is -2.32. The molecule has 3 rings (SSSR count). The third-order valence-electron chi connectivity index (χ3n) is 5.84. The van der Waals surface area contributed by atoms with Gasteiger partial charge in [-0.1, -0.05) is 6.92 Å². The van der Waals surface area contributed by atoms with Crippen molar-refractivity contribution in [3.05, 3.63) is 30.5 Å². The fraction of sp³-hybridized carbons (Fsp3) is 0.522. The van der Waals surface area contributed by atoms with Crippen LogP contribution < -0.4 is 14.5 Å². The molecule has 31 heavy (non-hydrogen) atoms. The van der Waals surface area contributed by atoms with E-state index < -0.39 is 6.16 Å². The molecule has 0 bridgehead atoms. The summed E-state index contributed by atoms with van der Waals surface area (Å²) in [5, 5.41) is 13.8. The minimum Gasteiger partial charge on any atom is -0.449 e. The maximum absolute atomic E-state index is 13.4. The zero-order valence-corrected chi connectivity index (χ0v) is 18.9. The highest BCUT2D eigenvalue weighted by Gasteiger charge is 2.34. The standard InChI is InChI=1S/C23H32N4O4/c1-15(2)27(22(28)17-8-6-16(3)7-9-17)21-20(31-23(29)30)14-26(24-21)19-12-10-18(11-13-19)25(4)5/h10-17H,6-9H2,1-5H3,(H,29,30)/t16-,17-. The van der Waals surface area contributed by atoms with Crippen molar-refractivity contribution in [1.82, 2.24) is 9.78 Å². The van der Waals surface area contributed by atoms with Crippen LogP contribution in [0.4, 0.5) is 16.3 Å². The monoisotopic (exact) mass is 428 g/mol. The molecular formula is C23H32N4O4. The Morgan fingerprint density at radius 2 is 1.74 bits per heavy atom. The number of carbonyl (C=O) groups excluding carboxylic acids is 1. The number of hydrogen-bond acceptors (Lipinski definition) is 5. The van der Waals surface area contributed by atoms with Crippen LogP contribution in [0.3, 0.4) is 0 Å². The number of rotatable bonds is 6. The average molecular weight is 429 g/mol. The Hall–Kier alpha value is -3.03. The molecule has 1 aromatic heterocycles. The van der Waals surface area contributed by atoms with Crippen LogP contribution in [0.5, 0.6) is 5.75 Å². The van der Waals surface area contributed by atoms with E-state index in [2.05, 4.69) is 12.0 Å². The quantitative estimate of drug-likeness (QED) is 0.679. The minimum atomic E-state index is -1.44. The molecule has 1 aliphatic rings. The fourth-order valence-electron chi connectivity index (χ4n) is 4.02. The van der Waals surface area contributed by atoms with Crippen LogP contribution in [-0.4, -0.2) is 47.1 Å². The fourth-order valence-corrected chi connectivity index (χ4v) is 4.02. The Kier molecular flexibility index (Phi) is 6.87. The van der Waals surface area contributed by atoms with Crippen LogP contribution in [0.2, 0.25) is 0 Å². The average Bonchev–Trinajstić information content (AvgIpc) is 3.11. The molecule has 8 nitrogen and oxygen atoms in total. The van der Waals surface area contributed by atoms with E-state index in [0.717, 1.165) is 37.1 Å². The minimum absolute atomic E-state index is 0.0228. The Balaban J connectivity index is 1.97. The van der Waals surface area contributed by atoms with Gasteiger partial charge >= 0.3 is 6.16 Å². The van der Waals surface area contributed by atoms with E-state index >= 15 is 0 Å². The molecule has 0 atom stereocenters. The van der Waals surface area contributed by atoms with Crippen molar-refractivity contribution >= 4 is 23.6 Å². The van der Waals surface area contributed by atoms with Crippen LogP contribution in [0.25, 0.3) is 5.69 Å². The Morgan fingerprint density at radius 3 is 2.26 bits per heavy atom. The van der Waals surface area contributed by atoms with Crippen LogP contribution >= 0.6 is 0 Å². The molecular weight excluding hydrogens is 396 g/mol. The second-order valence-corrected chi connectivity index (χ2v) is 8.80. The van der Waals surface area contributed by atoms with Gasteiger partial charge in [0.1, 0.15) is 0 Å². The molecule has 0 saturated heterocycles. The lowest BCUT2D eigenvalue weighted by Crippen LogP contribution is -2.42. The first-order valence-corrected chi connectivity index (χ1v) is 10.8. The molecule has 0 unspecified atom stereocenters. The van der Waals surface area contributed by atoms with Crippen molar-refractivity contribution in [3.8, 4) is 11.4 Å². The molecule has 0 aliphatic heterocycles. The summed E-state index contributed by atoms with van der Waals surface area (Å²) in [6, 6.07) is 7.48. The van der Waals surface area contributed by atoms with Gasteiger partial charge in [-0.15, -0.1) is 5.10 Å². The lowest BCUT2D eigenvalue weighted by atomic mass is 9.82. The predicted octanol–water partition coefficient (Wildman–Crippen LogP) is 4.56. The first-order valence-electron chi connectivity index (χ1n) is 10.8. The topological polar surface area (TPSA) is 87.9 Å². The van der Waals surface area contributed by atoms with E-state index in [1.165, 1.54) is 6.20 Å². The van der Waals surface area contributed by atoms with Crippen LogP contribution in [0.1, 0.15) is 46.5 Å². The Bertz CT molecular complexity index is 912. The van der Waals surface area contributed by atoms with Gasteiger partial charge in [-0.05, 0) is 69.7 Å². The van der Waals surface area contributed by atoms with Gasteiger partial charge in [0.15, 0.2) is 5.75 Å². The summed E-state index contributed by atoms with van der Waals surface area (Å²) in [5.41, 5.74) is 1.78. The van der Waals surface area contributed by atoms with Crippen molar-refractivity contribution in [2.75, 3.05) is 23.9 Å². The summed E-state index contributed by atoms with van der Waals surface area (Å²) in [6.45, 7) is 6.01. The smallest absolute Gasteiger partial charge is 0.449 e. The van der Waals surface area contributed by atoms with E-state index in [9.17, 15) is 14.7 Å². The maximum Gasteiger partial charge on any atom is 0.511 e. The van der Waals surface area contributed by atoms with Crippen LogP contribution in [-0.2, 0) is 4.79 Å². The summed E-state index contributed by atoms with van der Waals surface area (Å²) in [4.78, 5) is 28.3. The number of carboxylic acid groups (broad SMARTS) is 1. The van der Waals surface area contributed by atoms with Crippen molar-refractivity contribution in [2.24, 2.45) is 11.8 Å². The van der Waals surface area contributed by atoms with Gasteiger partial charge in [-0.3, -0.25) is 9.69 Å². The number of benzene rings is 1. The van der Waals surface area contributed by atoms with Gasteiger partial charge in [0.25, 0.3) is 0 Å². The van der Waals surface area contributed by atoms with Gasteiger partial charge in [-0.2, -0.15) is 0 Å². The zero-order chi connectivity index (χ0) is 22.7. The third kappa shape index (κ3) is 5.18. The number of amides is 1. The second-order valence-electron chi connectivity index (χ2n) is 8.80. The van der Waals surface area contributed by atoms with Gasteiger partial charge < -0.3 is 14.7 Å². The number of carbonyl (C=O) groups is 2. The summed E-state index contributed by atoms with van der Waals surface area (Å²) in [7, 11) is 3.91. The molecule has 1 aliphatic carbocycles. The van der Waals surface area contributed by atoms with E-state index in [4.69, 9.17) is 4.74 Å². The van der Waals surface area contributed by atoms with Gasteiger partial charge in [0.2, 0.25) is 11.7 Å². The van der Waals surface area contributed by atoms with E-state index in [-0.39, 0.29) is 29.4 Å². The first-order chi connectivity index (χ1) is 14.7. The molecule has 1 heterocycles. The van der Waals surface area contributed by atoms with Crippen molar-refractivity contribution in [2.45, 2.75) is 52.5 Å². The molecule has 1 saturated carbocycles. The normalized spacial score (nSPS) is 18.6. The van der Waals surface area contributed by atoms with Crippen LogP contribution in [0, 0.1) is 11.8 Å². The van der Waals surface area contributed by atoms with E-state index in [1.807, 2.05) is 57.1 Å². The molecule has 1 fully saturated rings. The van der Waals surface area contributed by atoms with Crippen molar-refractivity contribution in [3.63, 3.8) is 0 Å². The number of anilines is 2. The lowest BCUT2D eigenvalue weighted by molar-refractivity contribution is -0.124. The molecule has 0 spiro atoms. The van der Waals surface area contributed by atoms with Crippen LogP contribution in [0.15, 0.2) is 30.5 Å². The van der Waals surface area contributed by atoms with Gasteiger partial charge in [-0.25, -0.2) is 9.48 Å². The van der Waals surface area contributed by atoms with Crippen molar-refractivity contribution < 1.29 is 19.4 Å². The number of aromatic nitrogens is 2. The molecule has 0 radical (unpaired) electrons. The summed E-state index contributed by atoms with van der Waals surface area (Å²) in [6.07, 6.45) is 3.79. The molecule has 1 amide bonds. The largest absolute Gasteiger partial charge is 0.511 e. The molecule has 168 valence electrons. The summed E-state index contributed by atoms with van der Waals surface area (Å²) < 4.78 is 6.58.